The summed E-state index contributed by atoms with van der Waals surface area (Å²) in [6.45, 7) is 0.576. The Bertz CT molecular complexity index is 815. The summed E-state index contributed by atoms with van der Waals surface area (Å²) in [5, 5.41) is 5.75. The third-order valence-corrected chi connectivity index (χ3v) is 4.44. The predicted molar refractivity (Wildman–Crippen MR) is 96.0 cm³/mol. The standard InChI is InChI=1S/C20H20N2O4/c23-19(14-7-8-14)22-15-9-5-13(6-10-15)11-21-20(24)18-12-25-16-3-1-2-4-17(16)26-18/h1-6,9-10,14,18H,7-8,11-12H2,(H,21,24)(H,22,23)/t18-/m1/s1. The second-order valence-corrected chi connectivity index (χ2v) is 6.54. The summed E-state index contributed by atoms with van der Waals surface area (Å²) in [6.07, 6.45) is 1.29. The molecule has 134 valence electrons. The minimum Gasteiger partial charge on any atom is -0.485 e. The highest BCUT2D eigenvalue weighted by atomic mass is 16.6. The second kappa shape index (κ2) is 7.07. The van der Waals surface area contributed by atoms with E-state index in [4.69, 9.17) is 9.47 Å². The van der Waals surface area contributed by atoms with E-state index in [1.54, 1.807) is 6.07 Å². The van der Waals surface area contributed by atoms with Gasteiger partial charge in [0.2, 0.25) is 12.0 Å². The van der Waals surface area contributed by atoms with Crippen LogP contribution in [0.15, 0.2) is 48.5 Å². The van der Waals surface area contributed by atoms with Gasteiger partial charge >= 0.3 is 0 Å². The van der Waals surface area contributed by atoms with Crippen LogP contribution in [0.4, 0.5) is 5.69 Å². The van der Waals surface area contributed by atoms with Crippen LogP contribution in [0.25, 0.3) is 0 Å². The number of ether oxygens (including phenoxy) is 2. The number of hydrogen-bond donors (Lipinski definition) is 2. The molecule has 2 amide bonds. The second-order valence-electron chi connectivity index (χ2n) is 6.54. The van der Waals surface area contributed by atoms with Gasteiger partial charge in [-0.2, -0.15) is 0 Å². The average molecular weight is 352 g/mol. The fourth-order valence-corrected chi connectivity index (χ4v) is 2.75. The Labute approximate surface area is 151 Å². The Morgan fingerprint density at radius 3 is 2.42 bits per heavy atom. The largest absolute Gasteiger partial charge is 0.485 e. The molecule has 0 aromatic heterocycles. The van der Waals surface area contributed by atoms with E-state index in [0.717, 1.165) is 24.1 Å². The van der Waals surface area contributed by atoms with Gasteiger partial charge in [-0.15, -0.1) is 0 Å². The molecule has 1 aliphatic heterocycles. The van der Waals surface area contributed by atoms with E-state index in [9.17, 15) is 9.59 Å². The van der Waals surface area contributed by atoms with Crippen LogP contribution in [0, 0.1) is 5.92 Å². The number of rotatable bonds is 5. The fraction of sp³-hybridized carbons (Fsp3) is 0.300. The van der Waals surface area contributed by atoms with Gasteiger partial charge in [-0.3, -0.25) is 9.59 Å². The molecular weight excluding hydrogens is 332 g/mol. The van der Waals surface area contributed by atoms with Gasteiger partial charge in [0.1, 0.15) is 6.61 Å². The molecule has 0 bridgehead atoms. The van der Waals surface area contributed by atoms with Crippen LogP contribution in [-0.2, 0) is 16.1 Å². The lowest BCUT2D eigenvalue weighted by molar-refractivity contribution is -0.130. The third-order valence-electron chi connectivity index (χ3n) is 4.44. The molecule has 2 aromatic carbocycles. The van der Waals surface area contributed by atoms with Crippen molar-refractivity contribution in [1.29, 1.82) is 0 Å². The molecule has 0 spiro atoms. The van der Waals surface area contributed by atoms with Gasteiger partial charge in [-0.05, 0) is 42.7 Å². The van der Waals surface area contributed by atoms with Gasteiger partial charge in [-0.25, -0.2) is 0 Å². The number of amides is 2. The summed E-state index contributed by atoms with van der Waals surface area (Å²) in [5.74, 6) is 1.28. The molecule has 1 atom stereocenters. The molecule has 1 fully saturated rings. The Kier molecular flexibility index (Phi) is 4.48. The van der Waals surface area contributed by atoms with E-state index in [1.165, 1.54) is 0 Å². The molecule has 2 aliphatic rings. The molecular formula is C20H20N2O4. The average Bonchev–Trinajstić information content (AvgIpc) is 3.52. The lowest BCUT2D eigenvalue weighted by Gasteiger charge is -2.25. The van der Waals surface area contributed by atoms with Crippen LogP contribution in [0.3, 0.4) is 0 Å². The van der Waals surface area contributed by atoms with E-state index in [0.29, 0.717) is 18.0 Å². The monoisotopic (exact) mass is 352 g/mol. The summed E-state index contributed by atoms with van der Waals surface area (Å²) in [7, 11) is 0. The zero-order chi connectivity index (χ0) is 17.9. The normalized spacial score (nSPS) is 18.1. The van der Waals surface area contributed by atoms with Crippen LogP contribution in [0.2, 0.25) is 0 Å². The van der Waals surface area contributed by atoms with Crippen LogP contribution >= 0.6 is 0 Å². The first-order chi connectivity index (χ1) is 12.7. The summed E-state index contributed by atoms with van der Waals surface area (Å²) >= 11 is 0. The van der Waals surface area contributed by atoms with Crippen molar-refractivity contribution in [2.45, 2.75) is 25.5 Å². The van der Waals surface area contributed by atoms with E-state index in [-0.39, 0.29) is 24.3 Å². The molecule has 1 heterocycles. The predicted octanol–water partition coefficient (Wildman–Crippen LogP) is 2.49. The fourth-order valence-electron chi connectivity index (χ4n) is 2.75. The number of benzene rings is 2. The van der Waals surface area contributed by atoms with Crippen LogP contribution in [0.1, 0.15) is 18.4 Å². The Hall–Kier alpha value is -3.02. The molecule has 2 N–H and O–H groups in total. The van der Waals surface area contributed by atoms with Gasteiger partial charge in [0.05, 0.1) is 0 Å². The van der Waals surface area contributed by atoms with Crippen molar-refractivity contribution in [3.8, 4) is 11.5 Å². The van der Waals surface area contributed by atoms with Crippen molar-refractivity contribution in [3.63, 3.8) is 0 Å². The lowest BCUT2D eigenvalue weighted by atomic mass is 10.2. The molecule has 1 aliphatic carbocycles. The maximum Gasteiger partial charge on any atom is 0.264 e. The van der Waals surface area contributed by atoms with E-state index >= 15 is 0 Å². The quantitative estimate of drug-likeness (QED) is 0.867. The van der Waals surface area contributed by atoms with Crippen LogP contribution in [0.5, 0.6) is 11.5 Å². The van der Waals surface area contributed by atoms with Gasteiger partial charge < -0.3 is 20.1 Å². The molecule has 1 saturated carbocycles. The van der Waals surface area contributed by atoms with Crippen LogP contribution < -0.4 is 20.1 Å². The summed E-state index contributed by atoms with van der Waals surface area (Å²) in [5.41, 5.74) is 1.72. The van der Waals surface area contributed by atoms with Crippen molar-refractivity contribution >= 4 is 17.5 Å². The Morgan fingerprint density at radius 1 is 0.962 bits per heavy atom. The topological polar surface area (TPSA) is 76.7 Å². The smallest absolute Gasteiger partial charge is 0.264 e. The molecule has 2 aromatic rings. The van der Waals surface area contributed by atoms with Crippen LogP contribution in [-0.4, -0.2) is 24.5 Å². The number of carbonyl (C=O) groups is 2. The van der Waals surface area contributed by atoms with E-state index in [2.05, 4.69) is 10.6 Å². The van der Waals surface area contributed by atoms with E-state index in [1.807, 2.05) is 42.5 Å². The van der Waals surface area contributed by atoms with Gasteiger partial charge in [0, 0.05) is 18.2 Å². The Morgan fingerprint density at radius 2 is 1.69 bits per heavy atom. The molecule has 6 heteroatoms. The van der Waals surface area contributed by atoms with Crippen molar-refractivity contribution in [2.24, 2.45) is 5.92 Å². The number of fused-ring (bicyclic) bond motifs is 1. The summed E-state index contributed by atoms with van der Waals surface area (Å²) in [6, 6.07) is 14.8. The number of anilines is 1. The summed E-state index contributed by atoms with van der Waals surface area (Å²) in [4.78, 5) is 24.0. The van der Waals surface area contributed by atoms with Crippen molar-refractivity contribution in [1.82, 2.24) is 5.32 Å². The third kappa shape index (κ3) is 3.79. The van der Waals surface area contributed by atoms with Crippen molar-refractivity contribution in [2.75, 3.05) is 11.9 Å². The SMILES string of the molecule is O=C(Nc1ccc(CNC(=O)[C@H]2COc3ccccc3O2)cc1)C1CC1. The van der Waals surface area contributed by atoms with Gasteiger partial charge in [-0.1, -0.05) is 24.3 Å². The minimum atomic E-state index is -0.665. The molecule has 0 radical (unpaired) electrons. The highest BCUT2D eigenvalue weighted by Gasteiger charge is 2.29. The van der Waals surface area contributed by atoms with Gasteiger partial charge in [0.15, 0.2) is 11.5 Å². The Balaban J connectivity index is 1.28. The number of carbonyl (C=O) groups excluding carboxylic acids is 2. The minimum absolute atomic E-state index is 0.0841. The highest BCUT2D eigenvalue weighted by Crippen LogP contribution is 2.31. The first-order valence-corrected chi connectivity index (χ1v) is 8.75. The zero-order valence-electron chi connectivity index (χ0n) is 14.2. The first-order valence-electron chi connectivity index (χ1n) is 8.75. The zero-order valence-corrected chi connectivity index (χ0v) is 14.2. The number of hydrogen-bond acceptors (Lipinski definition) is 4. The number of para-hydroxylation sites is 2. The van der Waals surface area contributed by atoms with E-state index < -0.39 is 6.10 Å². The van der Waals surface area contributed by atoms with Crippen molar-refractivity contribution < 1.29 is 19.1 Å². The molecule has 0 saturated heterocycles. The molecule has 0 unspecified atom stereocenters. The maximum absolute atomic E-state index is 12.3. The highest BCUT2D eigenvalue weighted by molar-refractivity contribution is 5.94. The van der Waals surface area contributed by atoms with Gasteiger partial charge in [0.25, 0.3) is 5.91 Å². The molecule has 26 heavy (non-hydrogen) atoms. The molecule has 4 rings (SSSR count). The first kappa shape index (κ1) is 16.4. The molecule has 6 nitrogen and oxygen atoms in total. The summed E-state index contributed by atoms with van der Waals surface area (Å²) < 4.78 is 11.2. The number of nitrogens with one attached hydrogen (secondary N) is 2. The lowest BCUT2D eigenvalue weighted by Crippen LogP contribution is -2.43. The van der Waals surface area contributed by atoms with Crippen molar-refractivity contribution in [3.05, 3.63) is 54.1 Å². The maximum atomic E-state index is 12.3.